The van der Waals surface area contributed by atoms with Crippen LogP contribution in [0.5, 0.6) is 0 Å². The topological polar surface area (TPSA) is 54.4 Å². The van der Waals surface area contributed by atoms with Crippen LogP contribution in [0.25, 0.3) is 0 Å². The van der Waals surface area contributed by atoms with Gasteiger partial charge in [-0.1, -0.05) is 70.6 Å². The highest BCUT2D eigenvalue weighted by molar-refractivity contribution is 5.94. The van der Waals surface area contributed by atoms with Gasteiger partial charge in [-0.15, -0.1) is 0 Å². The second-order valence-electron chi connectivity index (χ2n) is 7.15. The van der Waals surface area contributed by atoms with Crippen molar-refractivity contribution in [2.45, 2.75) is 78.1 Å². The van der Waals surface area contributed by atoms with Crippen LogP contribution in [0.15, 0.2) is 24.3 Å². The van der Waals surface area contributed by atoms with Crippen molar-refractivity contribution in [3.8, 4) is 0 Å². The summed E-state index contributed by atoms with van der Waals surface area (Å²) in [5.74, 6) is 0.475. The van der Waals surface area contributed by atoms with E-state index in [1.54, 1.807) is 6.08 Å². The summed E-state index contributed by atoms with van der Waals surface area (Å²) in [5.41, 5.74) is 0. The molecule has 0 heterocycles. The van der Waals surface area contributed by atoms with Gasteiger partial charge in [-0.3, -0.25) is 9.59 Å². The standard InChI is InChI=1S/C21H34O3/c1-3-4-7-10-17(2)13-14-18-15-16-20(22)19(18)11-8-5-6-9-12-21(23)24/h13-19H,3-12H2,1-2H3,(H,23,24)/b14-13+/t17?,18-,19?/m0/s1. The number of aliphatic carboxylic acids is 1. The molecular weight excluding hydrogens is 300 g/mol. The molecule has 136 valence electrons. The lowest BCUT2D eigenvalue weighted by Crippen LogP contribution is -2.14. The van der Waals surface area contributed by atoms with Crippen LogP contribution in [-0.4, -0.2) is 16.9 Å². The number of hydrogen-bond donors (Lipinski definition) is 1. The molecule has 1 aliphatic rings. The highest BCUT2D eigenvalue weighted by Crippen LogP contribution is 2.29. The Bertz CT molecular complexity index is 436. The predicted molar refractivity (Wildman–Crippen MR) is 98.9 cm³/mol. The van der Waals surface area contributed by atoms with Gasteiger partial charge in [0.2, 0.25) is 0 Å². The molecule has 0 bridgehead atoms. The summed E-state index contributed by atoms with van der Waals surface area (Å²) in [6.07, 6.45) is 18.2. The Morgan fingerprint density at radius 3 is 2.67 bits per heavy atom. The van der Waals surface area contributed by atoms with Crippen LogP contribution in [0.2, 0.25) is 0 Å². The van der Waals surface area contributed by atoms with E-state index < -0.39 is 5.97 Å². The summed E-state index contributed by atoms with van der Waals surface area (Å²) < 4.78 is 0. The molecule has 0 fully saturated rings. The zero-order valence-corrected chi connectivity index (χ0v) is 15.4. The number of allylic oxidation sites excluding steroid dienone is 4. The number of unbranched alkanes of at least 4 members (excludes halogenated alkanes) is 5. The first-order chi connectivity index (χ1) is 11.5. The molecule has 2 unspecified atom stereocenters. The van der Waals surface area contributed by atoms with Gasteiger partial charge in [0.25, 0.3) is 0 Å². The normalized spacial score (nSPS) is 21.7. The fourth-order valence-corrected chi connectivity index (χ4v) is 3.31. The largest absolute Gasteiger partial charge is 0.481 e. The van der Waals surface area contributed by atoms with Gasteiger partial charge in [-0.25, -0.2) is 0 Å². The molecule has 0 amide bonds. The minimum Gasteiger partial charge on any atom is -0.481 e. The van der Waals surface area contributed by atoms with E-state index in [0.29, 0.717) is 5.92 Å². The average molecular weight is 335 g/mol. The molecule has 0 aromatic carbocycles. The van der Waals surface area contributed by atoms with Gasteiger partial charge in [0, 0.05) is 18.3 Å². The second-order valence-corrected chi connectivity index (χ2v) is 7.15. The highest BCUT2D eigenvalue weighted by Gasteiger charge is 2.27. The number of carboxylic acid groups (broad SMARTS) is 1. The highest BCUT2D eigenvalue weighted by atomic mass is 16.4. The van der Waals surface area contributed by atoms with E-state index in [0.717, 1.165) is 32.1 Å². The predicted octanol–water partition coefficient (Wildman–Crippen LogP) is 5.56. The van der Waals surface area contributed by atoms with Gasteiger partial charge in [0.1, 0.15) is 0 Å². The minimum atomic E-state index is -0.719. The van der Waals surface area contributed by atoms with Crippen LogP contribution >= 0.6 is 0 Å². The van der Waals surface area contributed by atoms with Crippen molar-refractivity contribution in [2.24, 2.45) is 17.8 Å². The third-order valence-electron chi connectivity index (χ3n) is 4.89. The van der Waals surface area contributed by atoms with E-state index in [1.165, 1.54) is 25.7 Å². The van der Waals surface area contributed by atoms with Gasteiger partial charge < -0.3 is 5.11 Å². The number of carboxylic acids is 1. The average Bonchev–Trinajstić information content (AvgIpc) is 2.89. The van der Waals surface area contributed by atoms with Gasteiger partial charge in [-0.2, -0.15) is 0 Å². The molecular formula is C21H34O3. The van der Waals surface area contributed by atoms with Crippen LogP contribution < -0.4 is 0 Å². The molecule has 24 heavy (non-hydrogen) atoms. The maximum atomic E-state index is 12.1. The SMILES string of the molecule is CCCCCC(C)/C=C/[C@H]1C=CC(=O)C1CCCCCCC(=O)O. The number of ketones is 1. The fourth-order valence-electron chi connectivity index (χ4n) is 3.31. The van der Waals surface area contributed by atoms with E-state index in [-0.39, 0.29) is 24.0 Å². The van der Waals surface area contributed by atoms with Crippen molar-refractivity contribution >= 4 is 11.8 Å². The molecule has 1 aliphatic carbocycles. The summed E-state index contributed by atoms with van der Waals surface area (Å²) in [5, 5.41) is 8.62. The fraction of sp³-hybridized carbons (Fsp3) is 0.714. The molecule has 0 saturated carbocycles. The quantitative estimate of drug-likeness (QED) is 0.354. The van der Waals surface area contributed by atoms with Crippen molar-refractivity contribution in [3.63, 3.8) is 0 Å². The molecule has 0 aromatic heterocycles. The van der Waals surface area contributed by atoms with Gasteiger partial charge in [0.15, 0.2) is 5.78 Å². The molecule has 0 spiro atoms. The van der Waals surface area contributed by atoms with E-state index in [2.05, 4.69) is 26.0 Å². The Kier molecular flexibility index (Phi) is 10.4. The maximum Gasteiger partial charge on any atom is 0.303 e. The van der Waals surface area contributed by atoms with E-state index in [1.807, 2.05) is 6.08 Å². The summed E-state index contributed by atoms with van der Waals surface area (Å²) in [7, 11) is 0. The molecule has 0 saturated heterocycles. The van der Waals surface area contributed by atoms with Gasteiger partial charge in [0.05, 0.1) is 0 Å². The van der Waals surface area contributed by atoms with Crippen LogP contribution in [0, 0.1) is 17.8 Å². The van der Waals surface area contributed by atoms with Crippen molar-refractivity contribution < 1.29 is 14.7 Å². The van der Waals surface area contributed by atoms with Gasteiger partial charge >= 0.3 is 5.97 Å². The van der Waals surface area contributed by atoms with Crippen LogP contribution in [-0.2, 0) is 9.59 Å². The minimum absolute atomic E-state index is 0.101. The smallest absolute Gasteiger partial charge is 0.303 e. The number of carbonyl (C=O) groups is 2. The number of carbonyl (C=O) groups excluding carboxylic acids is 1. The molecule has 3 atom stereocenters. The molecule has 3 heteroatoms. The summed E-state index contributed by atoms with van der Waals surface area (Å²) >= 11 is 0. The second kappa shape index (κ2) is 12.0. The molecule has 3 nitrogen and oxygen atoms in total. The molecule has 0 aromatic rings. The first-order valence-electron chi connectivity index (χ1n) is 9.66. The zero-order chi connectivity index (χ0) is 17.8. The molecule has 0 aliphatic heterocycles. The van der Waals surface area contributed by atoms with E-state index in [4.69, 9.17) is 5.11 Å². The Hall–Kier alpha value is -1.38. The Morgan fingerprint density at radius 1 is 1.21 bits per heavy atom. The number of rotatable bonds is 13. The monoisotopic (exact) mass is 334 g/mol. The lowest BCUT2D eigenvalue weighted by molar-refractivity contribution is -0.137. The Balaban J connectivity index is 2.29. The summed E-state index contributed by atoms with van der Waals surface area (Å²) in [6.45, 7) is 4.48. The molecule has 1 N–H and O–H groups in total. The van der Waals surface area contributed by atoms with Crippen LogP contribution in [0.3, 0.4) is 0 Å². The van der Waals surface area contributed by atoms with Crippen molar-refractivity contribution in [1.82, 2.24) is 0 Å². The van der Waals surface area contributed by atoms with Crippen molar-refractivity contribution in [3.05, 3.63) is 24.3 Å². The third-order valence-corrected chi connectivity index (χ3v) is 4.89. The third kappa shape index (κ3) is 8.47. The zero-order valence-electron chi connectivity index (χ0n) is 15.4. The van der Waals surface area contributed by atoms with Crippen molar-refractivity contribution in [1.29, 1.82) is 0 Å². The number of hydrogen-bond acceptors (Lipinski definition) is 2. The van der Waals surface area contributed by atoms with E-state index in [9.17, 15) is 9.59 Å². The Morgan fingerprint density at radius 2 is 1.96 bits per heavy atom. The maximum absolute atomic E-state index is 12.1. The van der Waals surface area contributed by atoms with Crippen LogP contribution in [0.4, 0.5) is 0 Å². The lowest BCUT2D eigenvalue weighted by atomic mass is 9.88. The van der Waals surface area contributed by atoms with Gasteiger partial charge in [-0.05, 0) is 31.3 Å². The summed E-state index contributed by atoms with van der Waals surface area (Å²) in [4.78, 5) is 22.5. The van der Waals surface area contributed by atoms with Crippen LogP contribution in [0.1, 0.15) is 78.1 Å². The first-order valence-corrected chi connectivity index (χ1v) is 9.66. The first kappa shape index (κ1) is 20.7. The van der Waals surface area contributed by atoms with E-state index >= 15 is 0 Å². The molecule has 0 radical (unpaired) electrons. The summed E-state index contributed by atoms with van der Waals surface area (Å²) in [6, 6.07) is 0. The Labute approximate surface area is 147 Å². The lowest BCUT2D eigenvalue weighted by Gasteiger charge is -2.15. The van der Waals surface area contributed by atoms with Crippen molar-refractivity contribution in [2.75, 3.05) is 0 Å². The molecule has 1 rings (SSSR count).